The Morgan fingerprint density at radius 2 is 0.714 bits per heavy atom. The number of ether oxygens (including phenoxy) is 6. The minimum Gasteiger partial charge on any atom is -0.374 e. The van der Waals surface area contributed by atoms with Crippen LogP contribution in [0.5, 0.6) is 0 Å². The molecular formula is C15H30O6. The number of rotatable bonds is 6. The summed E-state index contributed by atoms with van der Waals surface area (Å²) in [5.41, 5.74) is -1.89. The smallest absolute Gasteiger partial charge is 0.192 e. The minimum atomic E-state index is -0.631. The van der Waals surface area contributed by atoms with Gasteiger partial charge in [0.05, 0.1) is 0 Å². The first-order valence-electron chi connectivity index (χ1n) is 7.12. The largest absolute Gasteiger partial charge is 0.374 e. The third-order valence-corrected chi connectivity index (χ3v) is 4.02. The molecule has 1 saturated heterocycles. The predicted octanol–water partition coefficient (Wildman–Crippen LogP) is 2.30. The van der Waals surface area contributed by atoms with Crippen molar-refractivity contribution in [3.63, 3.8) is 0 Å². The lowest BCUT2D eigenvalue weighted by molar-refractivity contribution is -0.454. The van der Waals surface area contributed by atoms with Gasteiger partial charge in [0.25, 0.3) is 0 Å². The van der Waals surface area contributed by atoms with Gasteiger partial charge in [0.2, 0.25) is 0 Å². The molecule has 1 rings (SSSR count). The first kappa shape index (κ1) is 18.8. The van der Waals surface area contributed by atoms with E-state index in [1.54, 1.807) is 21.3 Å². The summed E-state index contributed by atoms with van der Waals surface area (Å²) in [7, 11) is 4.86. The van der Waals surface area contributed by atoms with Gasteiger partial charge < -0.3 is 28.4 Å². The summed E-state index contributed by atoms with van der Waals surface area (Å²) in [6.45, 7) is 11.4. The number of hydrogen-bond acceptors (Lipinski definition) is 6. The Balaban J connectivity index is 3.05. The van der Waals surface area contributed by atoms with Crippen LogP contribution in [-0.4, -0.2) is 57.0 Å². The van der Waals surface area contributed by atoms with E-state index in [4.69, 9.17) is 28.4 Å². The molecule has 1 heterocycles. The molecule has 0 spiro atoms. The van der Waals surface area contributed by atoms with Crippen molar-refractivity contribution in [2.45, 2.75) is 77.2 Å². The molecule has 0 aromatic carbocycles. The van der Waals surface area contributed by atoms with Crippen molar-refractivity contribution in [3.8, 4) is 0 Å². The maximum Gasteiger partial charge on any atom is 0.192 e. The fourth-order valence-electron chi connectivity index (χ4n) is 1.70. The van der Waals surface area contributed by atoms with Crippen LogP contribution in [0.2, 0.25) is 0 Å². The molecule has 6 nitrogen and oxygen atoms in total. The van der Waals surface area contributed by atoms with Gasteiger partial charge in [-0.2, -0.15) is 0 Å². The highest BCUT2D eigenvalue weighted by molar-refractivity contribution is 4.86. The third-order valence-electron chi connectivity index (χ3n) is 4.02. The first-order chi connectivity index (χ1) is 9.50. The van der Waals surface area contributed by atoms with E-state index in [1.807, 2.05) is 41.5 Å². The van der Waals surface area contributed by atoms with Crippen molar-refractivity contribution >= 4 is 0 Å². The lowest BCUT2D eigenvalue weighted by Crippen LogP contribution is -2.61. The van der Waals surface area contributed by atoms with Gasteiger partial charge in [-0.15, -0.1) is 0 Å². The molecule has 21 heavy (non-hydrogen) atoms. The van der Waals surface area contributed by atoms with E-state index in [0.29, 0.717) is 0 Å². The molecule has 0 amide bonds. The van der Waals surface area contributed by atoms with Gasteiger partial charge in [0.1, 0.15) is 16.8 Å². The average molecular weight is 306 g/mol. The van der Waals surface area contributed by atoms with E-state index in [1.165, 1.54) is 0 Å². The zero-order valence-electron chi connectivity index (χ0n) is 14.7. The Bertz CT molecular complexity index is 281. The van der Waals surface area contributed by atoms with Gasteiger partial charge >= 0.3 is 0 Å². The van der Waals surface area contributed by atoms with E-state index in [0.717, 1.165) is 0 Å². The zero-order chi connectivity index (χ0) is 16.5. The molecule has 126 valence electrons. The van der Waals surface area contributed by atoms with Gasteiger partial charge in [-0.1, -0.05) is 0 Å². The van der Waals surface area contributed by atoms with Crippen LogP contribution in [0.25, 0.3) is 0 Å². The second kappa shape index (κ2) is 6.48. The molecule has 0 N–H and O–H groups in total. The normalized spacial score (nSPS) is 28.7. The molecule has 0 bridgehead atoms. The first-order valence-corrected chi connectivity index (χ1v) is 7.12. The molecule has 0 saturated carbocycles. The topological polar surface area (TPSA) is 55.4 Å². The van der Waals surface area contributed by atoms with Gasteiger partial charge in [-0.3, -0.25) is 0 Å². The number of hydrogen-bond donors (Lipinski definition) is 0. The molecule has 0 radical (unpaired) electrons. The van der Waals surface area contributed by atoms with Crippen LogP contribution in [-0.2, 0) is 28.4 Å². The summed E-state index contributed by atoms with van der Waals surface area (Å²) in [4.78, 5) is 0. The fourth-order valence-corrected chi connectivity index (χ4v) is 1.70. The van der Waals surface area contributed by atoms with Gasteiger partial charge in [-0.05, 0) is 41.5 Å². The Morgan fingerprint density at radius 3 is 0.857 bits per heavy atom. The third kappa shape index (κ3) is 4.15. The maximum atomic E-state index is 5.92. The van der Waals surface area contributed by atoms with E-state index >= 15 is 0 Å². The van der Waals surface area contributed by atoms with Gasteiger partial charge in [0, 0.05) is 21.3 Å². The van der Waals surface area contributed by atoms with E-state index in [2.05, 4.69) is 0 Å². The molecule has 1 aliphatic heterocycles. The Hall–Kier alpha value is -0.240. The second-order valence-corrected chi connectivity index (χ2v) is 6.83. The Morgan fingerprint density at radius 1 is 0.524 bits per heavy atom. The Labute approximate surface area is 128 Å². The molecule has 0 aromatic heterocycles. The highest BCUT2D eigenvalue weighted by Gasteiger charge is 2.49. The summed E-state index contributed by atoms with van der Waals surface area (Å²) >= 11 is 0. The van der Waals surface area contributed by atoms with Crippen molar-refractivity contribution < 1.29 is 28.4 Å². The molecule has 0 unspecified atom stereocenters. The average Bonchev–Trinajstić information content (AvgIpc) is 2.46. The van der Waals surface area contributed by atoms with Crippen LogP contribution in [0.3, 0.4) is 0 Å². The molecule has 1 fully saturated rings. The van der Waals surface area contributed by atoms with E-state index < -0.39 is 35.7 Å². The summed E-state index contributed by atoms with van der Waals surface area (Å²) < 4.78 is 34.2. The van der Waals surface area contributed by atoms with Crippen LogP contribution in [0.4, 0.5) is 0 Å². The molecule has 6 heteroatoms. The summed E-state index contributed by atoms with van der Waals surface area (Å²) in [5, 5.41) is 0. The molecule has 0 atom stereocenters. The lowest BCUT2D eigenvalue weighted by Gasteiger charge is -2.48. The second-order valence-electron chi connectivity index (χ2n) is 6.83. The SMILES string of the molecule is COC(C)(C)C1OC(C(C)(C)OC)OC(C(C)(C)OC)O1. The van der Waals surface area contributed by atoms with Crippen LogP contribution >= 0.6 is 0 Å². The fraction of sp³-hybridized carbons (Fsp3) is 1.00. The minimum absolute atomic E-state index is 0.602. The van der Waals surface area contributed by atoms with E-state index in [-0.39, 0.29) is 0 Å². The van der Waals surface area contributed by atoms with E-state index in [9.17, 15) is 0 Å². The quantitative estimate of drug-likeness (QED) is 0.750. The van der Waals surface area contributed by atoms with Crippen molar-refractivity contribution in [2.24, 2.45) is 0 Å². The van der Waals surface area contributed by atoms with Crippen molar-refractivity contribution in [3.05, 3.63) is 0 Å². The maximum absolute atomic E-state index is 5.92. The molecular weight excluding hydrogens is 276 g/mol. The summed E-state index contributed by atoms with van der Waals surface area (Å²) in [6.07, 6.45) is -1.81. The van der Waals surface area contributed by atoms with Crippen LogP contribution in [0, 0.1) is 0 Å². The van der Waals surface area contributed by atoms with Gasteiger partial charge in [0.15, 0.2) is 18.9 Å². The number of methoxy groups -OCH3 is 3. The summed E-state index contributed by atoms with van der Waals surface area (Å²) in [5.74, 6) is 0. The van der Waals surface area contributed by atoms with Gasteiger partial charge in [-0.25, -0.2) is 0 Å². The van der Waals surface area contributed by atoms with Crippen molar-refractivity contribution in [2.75, 3.05) is 21.3 Å². The highest BCUT2D eigenvalue weighted by atomic mass is 16.9. The van der Waals surface area contributed by atoms with Crippen LogP contribution in [0.15, 0.2) is 0 Å². The van der Waals surface area contributed by atoms with Crippen molar-refractivity contribution in [1.82, 2.24) is 0 Å². The molecule has 0 aliphatic carbocycles. The highest BCUT2D eigenvalue weighted by Crippen LogP contribution is 2.35. The Kier molecular flexibility index (Phi) is 5.80. The van der Waals surface area contributed by atoms with Crippen LogP contribution < -0.4 is 0 Å². The summed E-state index contributed by atoms with van der Waals surface area (Å²) in [6, 6.07) is 0. The molecule has 1 aliphatic rings. The lowest BCUT2D eigenvalue weighted by atomic mass is 10.0. The predicted molar refractivity (Wildman–Crippen MR) is 77.9 cm³/mol. The molecule has 0 aromatic rings. The standard InChI is InChI=1S/C15H30O6/c1-13(2,16-7)10-19-11(14(3,4)17-8)21-12(20-10)15(5,6)18-9/h10-12H,1-9H3. The monoisotopic (exact) mass is 306 g/mol. The van der Waals surface area contributed by atoms with Crippen LogP contribution in [0.1, 0.15) is 41.5 Å². The zero-order valence-corrected chi connectivity index (χ0v) is 14.7. The van der Waals surface area contributed by atoms with Crippen molar-refractivity contribution in [1.29, 1.82) is 0 Å².